The lowest BCUT2D eigenvalue weighted by Gasteiger charge is -2.50. The Morgan fingerprint density at radius 2 is 1.35 bits per heavy atom. The number of fused-ring (bicyclic) bond motifs is 2. The van der Waals surface area contributed by atoms with Crippen molar-refractivity contribution in [2.24, 2.45) is 0 Å². The highest BCUT2D eigenvalue weighted by atomic mass is 15.1. The van der Waals surface area contributed by atoms with Gasteiger partial charge in [-0.15, -0.1) is 0 Å². The number of benzene rings is 2. The molecule has 0 amide bonds. The van der Waals surface area contributed by atoms with Gasteiger partial charge in [-0.05, 0) is 31.0 Å². The molecule has 3 heteroatoms. The van der Waals surface area contributed by atoms with Gasteiger partial charge < -0.3 is 0 Å². The molecule has 2 saturated heterocycles. The molecule has 1 aromatic heterocycles. The van der Waals surface area contributed by atoms with Crippen LogP contribution in [0.1, 0.15) is 38.5 Å². The normalized spacial score (nSPS) is 23.1. The fourth-order valence-corrected chi connectivity index (χ4v) is 5.38. The molecule has 0 atom stereocenters. The molecule has 2 aromatic carbocycles. The maximum Gasteiger partial charge on any atom is 0.250 e. The van der Waals surface area contributed by atoms with E-state index in [9.17, 15) is 0 Å². The van der Waals surface area contributed by atoms with Crippen LogP contribution in [-0.2, 0) is 0 Å². The highest BCUT2D eigenvalue weighted by molar-refractivity contribution is 6.75. The molecule has 2 fully saturated rings. The first-order chi connectivity index (χ1) is 12.9. The second-order valence-electron chi connectivity index (χ2n) is 8.03. The van der Waals surface area contributed by atoms with E-state index in [-0.39, 0.29) is 0 Å². The third-order valence-electron chi connectivity index (χ3n) is 6.54. The molecule has 3 heterocycles. The maximum absolute atomic E-state index is 2.45. The van der Waals surface area contributed by atoms with Crippen LogP contribution >= 0.6 is 0 Å². The van der Waals surface area contributed by atoms with Gasteiger partial charge in [0.25, 0.3) is 6.33 Å². The summed E-state index contributed by atoms with van der Waals surface area (Å²) < 4.78 is 4.76. The molecular weight excluding hydrogens is 315 g/mol. The highest BCUT2D eigenvalue weighted by Gasteiger charge is 2.32. The standard InChI is InChI=1S/C23H26BN2/c1-3-13-21(14-4-1)25-17-23(26(18-25)22-15-5-2-6-16-22)24-19-9-7-10-20(24)12-8-11-19/h1-6,13-20H,7-12H2. The van der Waals surface area contributed by atoms with E-state index >= 15 is 0 Å². The van der Waals surface area contributed by atoms with Crippen LogP contribution in [0.15, 0.2) is 73.2 Å². The van der Waals surface area contributed by atoms with Crippen LogP contribution in [0, 0.1) is 0 Å². The van der Waals surface area contributed by atoms with Crippen LogP contribution in [0.25, 0.3) is 11.4 Å². The first-order valence-corrected chi connectivity index (χ1v) is 10.1. The minimum absolute atomic E-state index is 0.711. The maximum atomic E-state index is 2.45. The van der Waals surface area contributed by atoms with Crippen molar-refractivity contribution >= 4 is 12.3 Å². The Bertz CT molecular complexity index is 850. The van der Waals surface area contributed by atoms with Gasteiger partial charge in [-0.3, -0.25) is 0 Å². The van der Waals surface area contributed by atoms with Crippen molar-refractivity contribution in [2.75, 3.05) is 0 Å². The summed E-state index contributed by atoms with van der Waals surface area (Å²) in [5, 5.41) is 0. The van der Waals surface area contributed by atoms with Gasteiger partial charge in [0.1, 0.15) is 11.4 Å². The van der Waals surface area contributed by atoms with Crippen molar-refractivity contribution in [3.05, 3.63) is 73.2 Å². The topological polar surface area (TPSA) is 8.81 Å². The molecule has 5 rings (SSSR count). The summed E-state index contributed by atoms with van der Waals surface area (Å²) in [4.78, 5) is 0. The van der Waals surface area contributed by atoms with Crippen LogP contribution in [0.2, 0.25) is 11.6 Å². The lowest BCUT2D eigenvalue weighted by Crippen LogP contribution is -2.47. The Hall–Kier alpha value is -2.29. The third-order valence-corrected chi connectivity index (χ3v) is 6.54. The van der Waals surface area contributed by atoms with Crippen molar-refractivity contribution < 1.29 is 4.57 Å². The van der Waals surface area contributed by atoms with Gasteiger partial charge in [0.15, 0.2) is 0 Å². The van der Waals surface area contributed by atoms with Crippen molar-refractivity contribution in [2.45, 2.75) is 50.2 Å². The molecule has 1 radical (unpaired) electrons. The van der Waals surface area contributed by atoms with Crippen LogP contribution in [0.5, 0.6) is 0 Å². The Morgan fingerprint density at radius 1 is 0.769 bits per heavy atom. The molecule has 2 bridgehead atoms. The summed E-state index contributed by atoms with van der Waals surface area (Å²) in [6, 6.07) is 21.6. The Labute approximate surface area is 156 Å². The molecule has 0 unspecified atom stereocenters. The molecule has 2 nitrogen and oxygen atoms in total. The fourth-order valence-electron chi connectivity index (χ4n) is 5.38. The zero-order chi connectivity index (χ0) is 17.3. The number of nitrogens with zero attached hydrogens (tertiary/aromatic N) is 2. The van der Waals surface area contributed by atoms with Gasteiger partial charge in [-0.2, -0.15) is 11.6 Å². The second kappa shape index (κ2) is 6.79. The smallest absolute Gasteiger partial charge is 0.242 e. The summed E-state index contributed by atoms with van der Waals surface area (Å²) in [6.07, 6.45) is 13.2. The summed E-state index contributed by atoms with van der Waals surface area (Å²) in [5.74, 6) is 1.73. The van der Waals surface area contributed by atoms with Crippen LogP contribution in [-0.4, -0.2) is 11.3 Å². The van der Waals surface area contributed by atoms with E-state index in [0.29, 0.717) is 6.71 Å². The largest absolute Gasteiger partial charge is 0.250 e. The van der Waals surface area contributed by atoms with E-state index in [2.05, 4.69) is 82.3 Å². The van der Waals surface area contributed by atoms with Crippen molar-refractivity contribution in [3.8, 4) is 11.4 Å². The van der Waals surface area contributed by atoms with Crippen molar-refractivity contribution in [1.29, 1.82) is 0 Å². The monoisotopic (exact) mass is 341 g/mol. The van der Waals surface area contributed by atoms with Gasteiger partial charge in [-0.1, -0.05) is 80.5 Å². The van der Waals surface area contributed by atoms with E-state index < -0.39 is 0 Å². The summed E-state index contributed by atoms with van der Waals surface area (Å²) in [7, 11) is 0. The lowest BCUT2D eigenvalue weighted by atomic mass is 9.26. The number of imidazole rings is 1. The molecule has 0 N–H and O–H groups in total. The molecule has 26 heavy (non-hydrogen) atoms. The number of hydrogen-bond acceptors (Lipinski definition) is 0. The third kappa shape index (κ3) is 2.80. The van der Waals surface area contributed by atoms with E-state index in [0.717, 1.165) is 11.6 Å². The van der Waals surface area contributed by atoms with E-state index in [4.69, 9.17) is 0 Å². The highest BCUT2D eigenvalue weighted by Crippen LogP contribution is 2.46. The Morgan fingerprint density at radius 3 is 1.96 bits per heavy atom. The van der Waals surface area contributed by atoms with Crippen LogP contribution < -0.4 is 10.2 Å². The predicted molar refractivity (Wildman–Crippen MR) is 108 cm³/mol. The van der Waals surface area contributed by atoms with Crippen molar-refractivity contribution in [1.82, 2.24) is 4.57 Å². The first-order valence-electron chi connectivity index (χ1n) is 10.1. The molecule has 0 saturated carbocycles. The lowest BCUT2D eigenvalue weighted by molar-refractivity contribution is -0.594. The zero-order valence-corrected chi connectivity index (χ0v) is 15.3. The summed E-state index contributed by atoms with van der Waals surface area (Å²) in [5.41, 5.74) is 4.03. The number of para-hydroxylation sites is 2. The van der Waals surface area contributed by atoms with E-state index in [1.165, 1.54) is 55.5 Å². The predicted octanol–water partition coefficient (Wildman–Crippen LogP) is 4.56. The average molecular weight is 341 g/mol. The molecular formula is C23H26BN2. The fraction of sp³-hybridized carbons (Fsp3) is 0.348. The quantitative estimate of drug-likeness (QED) is 0.488. The van der Waals surface area contributed by atoms with Gasteiger partial charge >= 0.3 is 0 Å². The minimum Gasteiger partial charge on any atom is -0.242 e. The van der Waals surface area contributed by atoms with Gasteiger partial charge in [0.05, 0.1) is 6.20 Å². The Balaban J connectivity index is 1.64. The number of rotatable bonds is 3. The van der Waals surface area contributed by atoms with Crippen LogP contribution in [0.3, 0.4) is 0 Å². The van der Waals surface area contributed by atoms with Gasteiger partial charge in [0.2, 0.25) is 0 Å². The second-order valence-corrected chi connectivity index (χ2v) is 8.03. The van der Waals surface area contributed by atoms with E-state index in [1.54, 1.807) is 0 Å². The first kappa shape index (κ1) is 15.9. The summed E-state index contributed by atoms with van der Waals surface area (Å²) in [6.45, 7) is 0.711. The van der Waals surface area contributed by atoms with Crippen LogP contribution in [0.4, 0.5) is 0 Å². The van der Waals surface area contributed by atoms with Gasteiger partial charge in [-0.25, -0.2) is 9.13 Å². The number of aromatic nitrogens is 2. The SMILES string of the molecule is c1ccc(-n2c[n+](-c3ccccc3)cc2[B-]2C3CCCC2CCC3)cc1. The molecule has 2 aliphatic rings. The average Bonchev–Trinajstić information content (AvgIpc) is 3.14. The molecule has 2 aliphatic heterocycles. The molecule has 3 aromatic rings. The minimum atomic E-state index is 0.711. The number of hydrogen-bond donors (Lipinski definition) is 0. The van der Waals surface area contributed by atoms with E-state index in [1.807, 2.05) is 0 Å². The Kier molecular flexibility index (Phi) is 4.16. The van der Waals surface area contributed by atoms with Crippen molar-refractivity contribution in [3.63, 3.8) is 0 Å². The molecule has 0 aliphatic carbocycles. The van der Waals surface area contributed by atoms with Gasteiger partial charge in [0, 0.05) is 0 Å². The zero-order valence-electron chi connectivity index (χ0n) is 15.3. The summed E-state index contributed by atoms with van der Waals surface area (Å²) >= 11 is 0. The molecule has 0 spiro atoms. The molecule has 131 valence electrons.